The molecule has 0 fully saturated rings. The molecule has 1 aromatic carbocycles. The van der Waals surface area contributed by atoms with Gasteiger partial charge in [0.15, 0.2) is 5.82 Å². The van der Waals surface area contributed by atoms with E-state index in [4.69, 9.17) is 11.6 Å². The molecule has 0 aliphatic rings. The average Bonchev–Trinajstić information content (AvgIpc) is 3.03. The lowest BCUT2D eigenvalue weighted by Crippen LogP contribution is -2.06. The molecule has 3 aromatic rings. The summed E-state index contributed by atoms with van der Waals surface area (Å²) in [5.41, 5.74) is 2.49. The van der Waals surface area contributed by atoms with Crippen molar-refractivity contribution in [3.05, 3.63) is 52.2 Å². The zero-order chi connectivity index (χ0) is 14.1. The predicted molar refractivity (Wildman–Crippen MR) is 82.0 cm³/mol. The number of aromatic nitrogens is 2. The first-order chi connectivity index (χ1) is 9.66. The average molecular weight is 309 g/mol. The Bertz CT molecular complexity index is 719. The lowest BCUT2D eigenvalue weighted by atomic mass is 10.2. The SMILES string of the molecule is CC(Cl)c1nc2c(F)cccc2n1CCc1ccsc1. The highest BCUT2D eigenvalue weighted by Crippen LogP contribution is 2.26. The summed E-state index contributed by atoms with van der Waals surface area (Å²) in [7, 11) is 0. The van der Waals surface area contributed by atoms with Crippen LogP contribution in [0.4, 0.5) is 4.39 Å². The van der Waals surface area contributed by atoms with Crippen LogP contribution in [0.1, 0.15) is 23.7 Å². The monoisotopic (exact) mass is 308 g/mol. The summed E-state index contributed by atoms with van der Waals surface area (Å²) < 4.78 is 15.9. The molecular weight excluding hydrogens is 295 g/mol. The summed E-state index contributed by atoms with van der Waals surface area (Å²) in [5.74, 6) is 0.428. The zero-order valence-corrected chi connectivity index (χ0v) is 12.6. The highest BCUT2D eigenvalue weighted by molar-refractivity contribution is 7.07. The van der Waals surface area contributed by atoms with E-state index in [-0.39, 0.29) is 11.2 Å². The van der Waals surface area contributed by atoms with Crippen LogP contribution in [-0.4, -0.2) is 9.55 Å². The fourth-order valence-corrected chi connectivity index (χ4v) is 3.21. The van der Waals surface area contributed by atoms with Gasteiger partial charge in [-0.05, 0) is 47.9 Å². The van der Waals surface area contributed by atoms with Crippen LogP contribution in [0.25, 0.3) is 11.0 Å². The minimum Gasteiger partial charge on any atom is -0.326 e. The molecular formula is C15H14ClFN2S. The van der Waals surface area contributed by atoms with Gasteiger partial charge in [0.2, 0.25) is 0 Å². The summed E-state index contributed by atoms with van der Waals surface area (Å²) in [4.78, 5) is 4.37. The van der Waals surface area contributed by atoms with Crippen molar-refractivity contribution in [1.29, 1.82) is 0 Å². The molecule has 3 rings (SSSR count). The van der Waals surface area contributed by atoms with Crippen LogP contribution in [0.2, 0.25) is 0 Å². The molecule has 0 spiro atoms. The van der Waals surface area contributed by atoms with Crippen molar-refractivity contribution in [2.45, 2.75) is 25.3 Å². The Labute approximate surface area is 125 Å². The van der Waals surface area contributed by atoms with Gasteiger partial charge in [-0.25, -0.2) is 9.37 Å². The summed E-state index contributed by atoms with van der Waals surface area (Å²) >= 11 is 7.87. The third-order valence-corrected chi connectivity index (χ3v) is 4.25. The molecule has 0 N–H and O–H groups in total. The third-order valence-electron chi connectivity index (χ3n) is 3.32. The number of fused-ring (bicyclic) bond motifs is 1. The fraction of sp³-hybridized carbons (Fsp3) is 0.267. The number of imidazole rings is 1. The van der Waals surface area contributed by atoms with Gasteiger partial charge in [0.1, 0.15) is 11.3 Å². The molecule has 2 nitrogen and oxygen atoms in total. The molecule has 1 unspecified atom stereocenters. The largest absolute Gasteiger partial charge is 0.326 e. The number of alkyl halides is 1. The van der Waals surface area contributed by atoms with E-state index in [1.54, 1.807) is 17.4 Å². The second-order valence-corrected chi connectivity index (χ2v) is 6.16. The maximum Gasteiger partial charge on any atom is 0.151 e. The van der Waals surface area contributed by atoms with Crippen LogP contribution in [0.15, 0.2) is 35.0 Å². The van der Waals surface area contributed by atoms with Crippen molar-refractivity contribution >= 4 is 34.0 Å². The number of nitrogens with zero attached hydrogens (tertiary/aromatic N) is 2. The Hall–Kier alpha value is -1.39. The first-order valence-electron chi connectivity index (χ1n) is 6.46. The van der Waals surface area contributed by atoms with Crippen molar-refractivity contribution in [3.8, 4) is 0 Å². The number of hydrogen-bond donors (Lipinski definition) is 0. The Morgan fingerprint density at radius 2 is 2.25 bits per heavy atom. The smallest absolute Gasteiger partial charge is 0.151 e. The summed E-state index contributed by atoms with van der Waals surface area (Å²) in [6, 6.07) is 7.14. The van der Waals surface area contributed by atoms with Crippen LogP contribution < -0.4 is 0 Å². The van der Waals surface area contributed by atoms with Gasteiger partial charge in [0, 0.05) is 6.54 Å². The van der Waals surface area contributed by atoms with E-state index in [0.29, 0.717) is 5.52 Å². The number of aryl methyl sites for hydroxylation is 2. The number of benzene rings is 1. The van der Waals surface area contributed by atoms with Crippen LogP contribution in [0.5, 0.6) is 0 Å². The van der Waals surface area contributed by atoms with Gasteiger partial charge in [0.05, 0.1) is 10.9 Å². The van der Waals surface area contributed by atoms with Crippen molar-refractivity contribution in [2.24, 2.45) is 0 Å². The fourth-order valence-electron chi connectivity index (χ4n) is 2.35. The number of hydrogen-bond acceptors (Lipinski definition) is 2. The molecule has 0 saturated carbocycles. The Kier molecular flexibility index (Phi) is 3.76. The topological polar surface area (TPSA) is 17.8 Å². The van der Waals surface area contributed by atoms with Crippen molar-refractivity contribution < 1.29 is 4.39 Å². The molecule has 0 bridgehead atoms. The van der Waals surface area contributed by atoms with Crippen LogP contribution in [-0.2, 0) is 13.0 Å². The summed E-state index contributed by atoms with van der Waals surface area (Å²) in [6.07, 6.45) is 0.891. The molecule has 5 heteroatoms. The number of rotatable bonds is 4. The van der Waals surface area contributed by atoms with Gasteiger partial charge in [-0.15, -0.1) is 11.6 Å². The van der Waals surface area contributed by atoms with E-state index in [0.717, 1.165) is 24.3 Å². The van der Waals surface area contributed by atoms with Gasteiger partial charge in [-0.1, -0.05) is 6.07 Å². The Morgan fingerprint density at radius 3 is 2.95 bits per heavy atom. The molecule has 2 aromatic heterocycles. The molecule has 0 aliphatic heterocycles. The summed E-state index contributed by atoms with van der Waals surface area (Å²) in [6.45, 7) is 2.62. The maximum absolute atomic E-state index is 13.8. The highest BCUT2D eigenvalue weighted by Gasteiger charge is 2.16. The number of halogens is 2. The minimum atomic E-state index is -0.296. The van der Waals surface area contributed by atoms with Gasteiger partial charge in [-0.2, -0.15) is 11.3 Å². The van der Waals surface area contributed by atoms with Crippen LogP contribution in [0, 0.1) is 5.82 Å². The van der Waals surface area contributed by atoms with E-state index in [1.165, 1.54) is 11.6 Å². The van der Waals surface area contributed by atoms with E-state index < -0.39 is 0 Å². The number of thiophene rings is 1. The van der Waals surface area contributed by atoms with E-state index in [2.05, 4.69) is 21.8 Å². The van der Waals surface area contributed by atoms with Crippen LogP contribution in [0.3, 0.4) is 0 Å². The van der Waals surface area contributed by atoms with E-state index in [1.807, 2.05) is 17.6 Å². The summed E-state index contributed by atoms with van der Waals surface area (Å²) in [5, 5.41) is 3.94. The lowest BCUT2D eigenvalue weighted by Gasteiger charge is -2.09. The molecule has 0 radical (unpaired) electrons. The second kappa shape index (κ2) is 5.54. The molecule has 20 heavy (non-hydrogen) atoms. The molecule has 0 saturated heterocycles. The van der Waals surface area contributed by atoms with Crippen molar-refractivity contribution in [1.82, 2.24) is 9.55 Å². The maximum atomic E-state index is 13.8. The first-order valence-corrected chi connectivity index (χ1v) is 7.84. The quantitative estimate of drug-likeness (QED) is 0.634. The molecule has 0 amide bonds. The highest BCUT2D eigenvalue weighted by atomic mass is 35.5. The van der Waals surface area contributed by atoms with Gasteiger partial charge >= 0.3 is 0 Å². The molecule has 104 valence electrons. The standard InChI is InChI=1S/C15H14ClFN2S/c1-10(16)15-18-14-12(17)3-2-4-13(14)19(15)7-5-11-6-8-20-9-11/h2-4,6,8-10H,5,7H2,1H3. The van der Waals surface area contributed by atoms with Crippen molar-refractivity contribution in [2.75, 3.05) is 0 Å². The van der Waals surface area contributed by atoms with E-state index in [9.17, 15) is 4.39 Å². The Morgan fingerprint density at radius 1 is 1.40 bits per heavy atom. The van der Waals surface area contributed by atoms with Crippen LogP contribution >= 0.6 is 22.9 Å². The third kappa shape index (κ3) is 2.45. The van der Waals surface area contributed by atoms with Crippen molar-refractivity contribution in [3.63, 3.8) is 0 Å². The zero-order valence-electron chi connectivity index (χ0n) is 11.0. The molecule has 2 heterocycles. The molecule has 0 aliphatic carbocycles. The van der Waals surface area contributed by atoms with E-state index >= 15 is 0 Å². The Balaban J connectivity index is 2.02. The second-order valence-electron chi connectivity index (χ2n) is 4.73. The van der Waals surface area contributed by atoms with Gasteiger partial charge < -0.3 is 4.57 Å². The lowest BCUT2D eigenvalue weighted by molar-refractivity contribution is 0.637. The number of para-hydroxylation sites is 1. The first kappa shape index (κ1) is 13.6. The predicted octanol–water partition coefficient (Wildman–Crippen LogP) is 4.78. The normalized spacial score (nSPS) is 12.9. The molecule has 1 atom stereocenters. The van der Waals surface area contributed by atoms with Gasteiger partial charge in [-0.3, -0.25) is 0 Å². The van der Waals surface area contributed by atoms with Gasteiger partial charge in [0.25, 0.3) is 0 Å². The minimum absolute atomic E-state index is 0.246.